The molecule has 0 aromatic rings. The minimum absolute atomic E-state index is 0.0263. The number of hydrogen-bond donors (Lipinski definition) is 1. The van der Waals surface area contributed by atoms with Gasteiger partial charge in [-0.15, -0.1) is 0 Å². The first-order chi connectivity index (χ1) is 37.4. The van der Waals surface area contributed by atoms with Gasteiger partial charge in [-0.05, 0) is 76.7 Å². The summed E-state index contributed by atoms with van der Waals surface area (Å²) in [5, 5.41) is 3.03. The third-order valence-electron chi connectivity index (χ3n) is 14.5. The van der Waals surface area contributed by atoms with Gasteiger partial charge in [0.05, 0.1) is 33.8 Å². The first-order valence-corrected chi connectivity index (χ1v) is 34.1. The van der Waals surface area contributed by atoms with Crippen LogP contribution in [0.2, 0.25) is 0 Å². The summed E-state index contributed by atoms with van der Waals surface area (Å²) >= 11 is 0. The molecular weight excluding hydrogens is 976 g/mol. The number of ether oxygens (including phenoxy) is 1. The van der Waals surface area contributed by atoms with Gasteiger partial charge < -0.3 is 28.5 Å². The molecule has 3 atom stereocenters. The molecule has 3 unspecified atom stereocenters. The monoisotopic (exact) mass is 1100 g/mol. The van der Waals surface area contributed by atoms with Crippen LogP contribution in [-0.4, -0.2) is 69.4 Å². The number of rotatable bonds is 59. The molecule has 1 N–H and O–H groups in total. The van der Waals surface area contributed by atoms with Crippen LogP contribution in [0.25, 0.3) is 0 Å². The van der Waals surface area contributed by atoms with Gasteiger partial charge in [0.2, 0.25) is 5.91 Å². The second-order valence-electron chi connectivity index (χ2n) is 23.3. The summed E-state index contributed by atoms with van der Waals surface area (Å²) < 4.78 is 30.4. The highest BCUT2D eigenvalue weighted by atomic mass is 31.2. The van der Waals surface area contributed by atoms with E-state index in [1.54, 1.807) is 0 Å². The topological polar surface area (TPSA) is 114 Å². The molecule has 0 aromatic carbocycles. The molecule has 9 nitrogen and oxygen atoms in total. The second-order valence-corrected chi connectivity index (χ2v) is 24.7. The molecule has 0 aliphatic carbocycles. The fourth-order valence-electron chi connectivity index (χ4n) is 9.39. The third kappa shape index (κ3) is 58.2. The first-order valence-electron chi connectivity index (χ1n) is 32.6. The van der Waals surface area contributed by atoms with Crippen molar-refractivity contribution in [2.45, 2.75) is 315 Å². The summed E-state index contributed by atoms with van der Waals surface area (Å²) in [6, 6.07) is -0.898. The maximum atomic E-state index is 13.6. The van der Waals surface area contributed by atoms with Crippen molar-refractivity contribution in [2.75, 3.05) is 40.9 Å². The normalized spacial score (nSPS) is 14.0. The van der Waals surface area contributed by atoms with E-state index in [9.17, 15) is 19.0 Å². The lowest BCUT2D eigenvalue weighted by atomic mass is 10.0. The number of nitrogens with zero attached hydrogens (tertiary/aromatic N) is 1. The van der Waals surface area contributed by atoms with Crippen LogP contribution in [0.3, 0.4) is 0 Å². The van der Waals surface area contributed by atoms with Crippen LogP contribution in [0.4, 0.5) is 0 Å². The summed E-state index contributed by atoms with van der Waals surface area (Å²) in [6.45, 7) is 6.83. The highest BCUT2D eigenvalue weighted by Gasteiger charge is 2.27. The largest absolute Gasteiger partial charge is 0.756 e. The average Bonchev–Trinajstić information content (AvgIpc) is 3.39. The van der Waals surface area contributed by atoms with Crippen molar-refractivity contribution in [1.29, 1.82) is 0 Å². The lowest BCUT2D eigenvalue weighted by molar-refractivity contribution is -0.870. The van der Waals surface area contributed by atoms with Crippen LogP contribution in [0.15, 0.2) is 60.8 Å². The van der Waals surface area contributed by atoms with Crippen LogP contribution in [0, 0.1) is 0 Å². The van der Waals surface area contributed by atoms with Crippen molar-refractivity contribution in [1.82, 2.24) is 5.32 Å². The Hall–Kier alpha value is -2.29. The van der Waals surface area contributed by atoms with E-state index >= 15 is 0 Å². The predicted molar refractivity (Wildman–Crippen MR) is 330 cm³/mol. The lowest BCUT2D eigenvalue weighted by Crippen LogP contribution is -2.47. The molecule has 10 heteroatoms. The van der Waals surface area contributed by atoms with E-state index in [0.29, 0.717) is 17.4 Å². The molecule has 0 bridgehead atoms. The van der Waals surface area contributed by atoms with Crippen molar-refractivity contribution in [3.63, 3.8) is 0 Å². The summed E-state index contributed by atoms with van der Waals surface area (Å²) in [7, 11) is 1.18. The zero-order chi connectivity index (χ0) is 56.4. The van der Waals surface area contributed by atoms with Crippen molar-refractivity contribution < 1.29 is 37.3 Å². The van der Waals surface area contributed by atoms with Crippen LogP contribution < -0.4 is 10.2 Å². The maximum Gasteiger partial charge on any atom is 0.306 e. The molecule has 0 saturated heterocycles. The summed E-state index contributed by atoms with van der Waals surface area (Å²) in [5.74, 6) is -0.551. The average molecular weight is 1100 g/mol. The standard InChI is InChI=1S/C67H125N2O7P/c1-7-10-13-16-19-22-25-28-30-32-33-34-35-37-38-41-44-47-50-53-56-59-66(70)68-64(63-75-77(72,73)74-62-61-69(4,5)6)65(58-55-52-49-46-43-40-27-24-21-18-15-12-9-3)76-67(71)60-57-54-51-48-45-42-39-36-31-29-26-23-20-17-14-11-8-2/h19,22,28,30,33-34,37-38,55,58,64-65H,7-18,20-21,23-27,29,31-32,35-36,39-54,56-57,59-63H2,1-6H3,(H-,68,70,72,73)/b22-19-,30-28-,34-33-,38-37-,58-55+. The van der Waals surface area contributed by atoms with Crippen molar-refractivity contribution in [2.24, 2.45) is 0 Å². The van der Waals surface area contributed by atoms with Crippen LogP contribution in [0.1, 0.15) is 303 Å². The fourth-order valence-corrected chi connectivity index (χ4v) is 10.1. The van der Waals surface area contributed by atoms with Crippen molar-refractivity contribution in [3.05, 3.63) is 60.8 Å². The number of likely N-dealkylation sites (N-methyl/N-ethyl adjacent to an activating group) is 1. The van der Waals surface area contributed by atoms with Crippen LogP contribution >= 0.6 is 7.82 Å². The van der Waals surface area contributed by atoms with E-state index in [0.717, 1.165) is 96.3 Å². The summed E-state index contributed by atoms with van der Waals surface area (Å²) in [5.41, 5.74) is 0. The zero-order valence-corrected chi connectivity index (χ0v) is 52.3. The SMILES string of the molecule is CCCCC/C=C\C/C=C\C/C=C\C/C=C\CCCCCCCC(=O)NC(COP(=O)([O-])OCC[N+](C)(C)C)C(/C=C/CCCCCCCCCCCCC)OC(=O)CCCCCCCCCCCCCCCCCCC. The molecule has 77 heavy (non-hydrogen) atoms. The Labute approximate surface area is 477 Å². The minimum atomic E-state index is -4.71. The minimum Gasteiger partial charge on any atom is -0.756 e. The Kier molecular flexibility index (Phi) is 55.3. The molecule has 0 aliphatic rings. The van der Waals surface area contributed by atoms with Gasteiger partial charge in [0.15, 0.2) is 0 Å². The number of nitrogens with one attached hydrogen (secondary N) is 1. The number of quaternary nitrogens is 1. The molecule has 0 saturated carbocycles. The van der Waals surface area contributed by atoms with Gasteiger partial charge in [0, 0.05) is 12.8 Å². The number of carbonyl (C=O) groups excluding carboxylic acids is 2. The van der Waals surface area contributed by atoms with E-state index < -0.39 is 26.6 Å². The molecule has 0 rings (SSSR count). The van der Waals surface area contributed by atoms with Gasteiger partial charge >= 0.3 is 5.97 Å². The Morgan fingerprint density at radius 1 is 0.455 bits per heavy atom. The quantitative estimate of drug-likeness (QED) is 0.0212. The molecular formula is C67H125N2O7P. The van der Waals surface area contributed by atoms with Gasteiger partial charge in [-0.2, -0.15) is 0 Å². The molecule has 450 valence electrons. The molecule has 1 amide bonds. The maximum absolute atomic E-state index is 13.6. The van der Waals surface area contributed by atoms with Gasteiger partial charge in [-0.3, -0.25) is 14.2 Å². The Balaban J connectivity index is 5.27. The number of carbonyl (C=O) groups is 2. The van der Waals surface area contributed by atoms with E-state index in [4.69, 9.17) is 13.8 Å². The predicted octanol–water partition coefficient (Wildman–Crippen LogP) is 19.6. The number of phosphoric ester groups is 1. The molecule has 0 aromatic heterocycles. The third-order valence-corrected chi connectivity index (χ3v) is 15.4. The number of amides is 1. The molecule has 0 aliphatic heterocycles. The Morgan fingerprint density at radius 2 is 0.792 bits per heavy atom. The molecule has 0 fully saturated rings. The number of esters is 1. The smallest absolute Gasteiger partial charge is 0.306 e. The number of phosphoric acid groups is 1. The van der Waals surface area contributed by atoms with Gasteiger partial charge in [0.25, 0.3) is 7.82 Å². The number of allylic oxidation sites excluding steroid dienone is 9. The summed E-state index contributed by atoms with van der Waals surface area (Å²) in [6.07, 6.45) is 71.8. The molecule has 0 radical (unpaired) electrons. The Morgan fingerprint density at radius 3 is 1.21 bits per heavy atom. The van der Waals surface area contributed by atoms with E-state index in [1.807, 2.05) is 33.3 Å². The van der Waals surface area contributed by atoms with Crippen molar-refractivity contribution >= 4 is 19.7 Å². The van der Waals surface area contributed by atoms with E-state index in [2.05, 4.69) is 74.7 Å². The summed E-state index contributed by atoms with van der Waals surface area (Å²) in [4.78, 5) is 40.1. The highest BCUT2D eigenvalue weighted by molar-refractivity contribution is 7.45. The second kappa shape index (κ2) is 57.0. The van der Waals surface area contributed by atoms with Gasteiger partial charge in [-0.1, -0.05) is 275 Å². The van der Waals surface area contributed by atoms with E-state index in [1.165, 1.54) is 173 Å². The molecule has 0 heterocycles. The van der Waals surface area contributed by atoms with Gasteiger partial charge in [0.1, 0.15) is 19.3 Å². The first kappa shape index (κ1) is 74.7. The highest BCUT2D eigenvalue weighted by Crippen LogP contribution is 2.38. The fraction of sp³-hybridized carbons (Fsp3) is 0.821. The van der Waals surface area contributed by atoms with Crippen LogP contribution in [-0.2, 0) is 27.9 Å². The molecule has 0 spiro atoms. The van der Waals surface area contributed by atoms with Gasteiger partial charge in [-0.25, -0.2) is 0 Å². The van der Waals surface area contributed by atoms with Crippen molar-refractivity contribution in [3.8, 4) is 0 Å². The number of unbranched alkanes of at least 4 members (excludes halogenated alkanes) is 35. The van der Waals surface area contributed by atoms with E-state index in [-0.39, 0.29) is 24.9 Å². The number of hydrogen-bond acceptors (Lipinski definition) is 7. The zero-order valence-electron chi connectivity index (χ0n) is 51.4. The van der Waals surface area contributed by atoms with Crippen LogP contribution in [0.5, 0.6) is 0 Å². The Bertz CT molecular complexity index is 1500. The lowest BCUT2D eigenvalue weighted by Gasteiger charge is -2.30.